The molecule has 0 spiro atoms. The maximum atomic E-state index is 13.7. The molecule has 1 heterocycles. The number of hydrogen-bond acceptors (Lipinski definition) is 8. The summed E-state index contributed by atoms with van der Waals surface area (Å²) in [4.78, 5) is 20.1. The first-order valence-corrected chi connectivity index (χ1v) is 11.7. The molecular weight excluding hydrogens is 450 g/mol. The van der Waals surface area contributed by atoms with Crippen molar-refractivity contribution in [3.05, 3.63) is 47.9 Å². The molecule has 0 atom stereocenters. The van der Waals surface area contributed by atoms with E-state index in [1.807, 2.05) is 11.0 Å². The van der Waals surface area contributed by atoms with Gasteiger partial charge in [-0.25, -0.2) is 0 Å². The van der Waals surface area contributed by atoms with Gasteiger partial charge in [0.15, 0.2) is 23.0 Å². The lowest BCUT2D eigenvalue weighted by atomic mass is 9.93. The van der Waals surface area contributed by atoms with Crippen LogP contribution >= 0.6 is 0 Å². The molecule has 0 unspecified atom stereocenters. The average molecular weight is 482 g/mol. The normalized spacial score (nSPS) is 13.8. The first-order chi connectivity index (χ1) is 17.1. The van der Waals surface area contributed by atoms with Gasteiger partial charge in [0.1, 0.15) is 6.54 Å². The summed E-state index contributed by atoms with van der Waals surface area (Å²) < 4.78 is 27.0. The van der Waals surface area contributed by atoms with E-state index in [4.69, 9.17) is 23.5 Å². The lowest BCUT2D eigenvalue weighted by Crippen LogP contribution is -2.41. The summed E-state index contributed by atoms with van der Waals surface area (Å²) in [6, 6.07) is 10.7. The number of benzene rings is 2. The summed E-state index contributed by atoms with van der Waals surface area (Å²) in [5.74, 6) is 2.95. The number of carbonyl (C=O) groups is 1. The minimum Gasteiger partial charge on any atom is -0.493 e. The SMILES string of the molecule is COc1ccc(C(=O)N(Cc2nc(-c3ccc(OC)c(OC)c3)no2)C2CCCCC2)cc1OC. The van der Waals surface area contributed by atoms with E-state index in [1.165, 1.54) is 6.42 Å². The third-order valence-electron chi connectivity index (χ3n) is 6.32. The summed E-state index contributed by atoms with van der Waals surface area (Å²) in [7, 11) is 6.28. The van der Waals surface area contributed by atoms with Crippen molar-refractivity contribution < 1.29 is 28.3 Å². The topological polar surface area (TPSA) is 96.2 Å². The zero-order valence-corrected chi connectivity index (χ0v) is 20.6. The minimum atomic E-state index is -0.108. The molecule has 9 nitrogen and oxygen atoms in total. The van der Waals surface area contributed by atoms with Crippen LogP contribution in [0, 0.1) is 0 Å². The molecule has 0 radical (unpaired) electrons. The van der Waals surface area contributed by atoms with Crippen molar-refractivity contribution in [3.63, 3.8) is 0 Å². The molecule has 1 saturated carbocycles. The van der Waals surface area contributed by atoms with Crippen molar-refractivity contribution in [1.82, 2.24) is 15.0 Å². The van der Waals surface area contributed by atoms with Crippen LogP contribution in [0.5, 0.6) is 23.0 Å². The van der Waals surface area contributed by atoms with E-state index in [0.717, 1.165) is 31.2 Å². The minimum absolute atomic E-state index is 0.0979. The van der Waals surface area contributed by atoms with Gasteiger partial charge in [-0.05, 0) is 49.2 Å². The molecule has 1 aromatic heterocycles. The third kappa shape index (κ3) is 5.34. The van der Waals surface area contributed by atoms with Gasteiger partial charge in [-0.2, -0.15) is 4.98 Å². The molecule has 0 N–H and O–H groups in total. The highest BCUT2D eigenvalue weighted by Crippen LogP contribution is 2.33. The Morgan fingerprint density at radius 3 is 2.17 bits per heavy atom. The molecule has 1 amide bonds. The van der Waals surface area contributed by atoms with Crippen LogP contribution in [0.2, 0.25) is 0 Å². The molecule has 0 aliphatic heterocycles. The van der Waals surface area contributed by atoms with Crippen LogP contribution in [0.4, 0.5) is 0 Å². The van der Waals surface area contributed by atoms with Gasteiger partial charge in [0.2, 0.25) is 11.7 Å². The van der Waals surface area contributed by atoms with E-state index in [0.29, 0.717) is 40.3 Å². The van der Waals surface area contributed by atoms with Gasteiger partial charge >= 0.3 is 0 Å². The van der Waals surface area contributed by atoms with Gasteiger partial charge < -0.3 is 28.4 Å². The fourth-order valence-electron chi connectivity index (χ4n) is 4.45. The Labute approximate surface area is 204 Å². The van der Waals surface area contributed by atoms with Crippen molar-refractivity contribution in [3.8, 4) is 34.4 Å². The Balaban J connectivity index is 1.60. The molecule has 1 aliphatic carbocycles. The molecule has 2 aromatic carbocycles. The van der Waals surface area contributed by atoms with Crippen LogP contribution in [0.25, 0.3) is 11.4 Å². The van der Waals surface area contributed by atoms with Gasteiger partial charge in [-0.3, -0.25) is 4.79 Å². The van der Waals surface area contributed by atoms with Gasteiger partial charge in [0.05, 0.1) is 28.4 Å². The Hall–Kier alpha value is -3.75. The molecule has 4 rings (SSSR count). The van der Waals surface area contributed by atoms with Crippen molar-refractivity contribution in [2.75, 3.05) is 28.4 Å². The predicted octanol–water partition coefficient (Wildman–Crippen LogP) is 4.75. The van der Waals surface area contributed by atoms with E-state index < -0.39 is 0 Å². The number of aromatic nitrogens is 2. The van der Waals surface area contributed by atoms with Crippen molar-refractivity contribution in [2.45, 2.75) is 44.7 Å². The Morgan fingerprint density at radius 2 is 1.51 bits per heavy atom. The standard InChI is InChI=1S/C26H31N3O6/c1-31-20-12-10-17(14-22(20)33-3)25-27-24(35-28-25)16-29(19-8-6-5-7-9-19)26(30)18-11-13-21(32-2)23(15-18)34-4/h10-15,19H,5-9,16H2,1-4H3. The van der Waals surface area contributed by atoms with Crippen molar-refractivity contribution in [1.29, 1.82) is 0 Å². The zero-order valence-electron chi connectivity index (χ0n) is 20.6. The van der Waals surface area contributed by atoms with Crippen molar-refractivity contribution in [2.24, 2.45) is 0 Å². The van der Waals surface area contributed by atoms with E-state index in [2.05, 4.69) is 10.1 Å². The smallest absolute Gasteiger partial charge is 0.254 e. The van der Waals surface area contributed by atoms with Crippen LogP contribution in [0.15, 0.2) is 40.9 Å². The second-order valence-electron chi connectivity index (χ2n) is 8.38. The maximum absolute atomic E-state index is 13.7. The van der Waals surface area contributed by atoms with Gasteiger partial charge in [-0.15, -0.1) is 0 Å². The predicted molar refractivity (Wildman–Crippen MR) is 129 cm³/mol. The van der Waals surface area contributed by atoms with Gasteiger partial charge in [0, 0.05) is 17.2 Å². The molecule has 9 heteroatoms. The highest BCUT2D eigenvalue weighted by molar-refractivity contribution is 5.95. The highest BCUT2D eigenvalue weighted by Gasteiger charge is 2.29. The Morgan fingerprint density at radius 1 is 0.886 bits per heavy atom. The number of hydrogen-bond donors (Lipinski definition) is 0. The molecule has 0 bridgehead atoms. The second kappa shape index (κ2) is 11.1. The third-order valence-corrected chi connectivity index (χ3v) is 6.32. The maximum Gasteiger partial charge on any atom is 0.254 e. The van der Waals surface area contributed by atoms with Crippen molar-refractivity contribution >= 4 is 5.91 Å². The molecule has 1 aliphatic rings. The summed E-state index contributed by atoms with van der Waals surface area (Å²) >= 11 is 0. The lowest BCUT2D eigenvalue weighted by molar-refractivity contribution is 0.0585. The number of amides is 1. The molecule has 35 heavy (non-hydrogen) atoms. The van der Waals surface area contributed by atoms with E-state index >= 15 is 0 Å². The first kappa shape index (κ1) is 24.4. The van der Waals surface area contributed by atoms with Crippen LogP contribution < -0.4 is 18.9 Å². The number of rotatable bonds is 9. The fraction of sp³-hybridized carbons (Fsp3) is 0.423. The van der Waals surface area contributed by atoms with Gasteiger partial charge in [-0.1, -0.05) is 24.4 Å². The summed E-state index contributed by atoms with van der Waals surface area (Å²) in [5, 5.41) is 4.14. The molecular formula is C26H31N3O6. The monoisotopic (exact) mass is 481 g/mol. The van der Waals surface area contributed by atoms with E-state index in [9.17, 15) is 4.79 Å². The number of nitrogens with zero attached hydrogens (tertiary/aromatic N) is 3. The number of ether oxygens (including phenoxy) is 4. The quantitative estimate of drug-likeness (QED) is 0.432. The van der Waals surface area contributed by atoms with Crippen LogP contribution in [0.1, 0.15) is 48.4 Å². The first-order valence-electron chi connectivity index (χ1n) is 11.7. The Bertz CT molecular complexity index is 1160. The van der Waals surface area contributed by atoms with E-state index in [1.54, 1.807) is 58.8 Å². The second-order valence-corrected chi connectivity index (χ2v) is 8.38. The summed E-state index contributed by atoms with van der Waals surface area (Å²) in [6.07, 6.45) is 5.23. The van der Waals surface area contributed by atoms with Crippen LogP contribution in [0.3, 0.4) is 0 Å². The lowest BCUT2D eigenvalue weighted by Gasteiger charge is -2.33. The van der Waals surface area contributed by atoms with E-state index in [-0.39, 0.29) is 18.5 Å². The number of methoxy groups -OCH3 is 4. The Kier molecular flexibility index (Phi) is 7.74. The average Bonchev–Trinajstić information content (AvgIpc) is 3.39. The molecule has 186 valence electrons. The van der Waals surface area contributed by atoms with Crippen LogP contribution in [-0.4, -0.2) is 55.4 Å². The largest absolute Gasteiger partial charge is 0.493 e. The van der Waals surface area contributed by atoms with Gasteiger partial charge in [0.25, 0.3) is 5.91 Å². The molecule has 0 saturated heterocycles. The zero-order chi connectivity index (χ0) is 24.8. The summed E-state index contributed by atoms with van der Waals surface area (Å²) in [6.45, 7) is 0.220. The highest BCUT2D eigenvalue weighted by atomic mass is 16.5. The number of carbonyl (C=O) groups excluding carboxylic acids is 1. The fourth-order valence-corrected chi connectivity index (χ4v) is 4.45. The summed E-state index contributed by atoms with van der Waals surface area (Å²) in [5.41, 5.74) is 1.25. The van der Waals surface area contributed by atoms with Crippen LogP contribution in [-0.2, 0) is 6.54 Å². The molecule has 1 fully saturated rings. The molecule has 3 aromatic rings.